The number of hydrogen-bond acceptors (Lipinski definition) is 6. The highest BCUT2D eigenvalue weighted by atomic mass is 16.4. The second-order valence-corrected chi connectivity index (χ2v) is 12.7. The Balaban J connectivity index is 1.72. The van der Waals surface area contributed by atoms with Crippen LogP contribution in [0.5, 0.6) is 0 Å². The lowest BCUT2D eigenvalue weighted by molar-refractivity contribution is 0.233. The molecule has 6 unspecified atom stereocenters. The van der Waals surface area contributed by atoms with Gasteiger partial charge in [-0.2, -0.15) is 0 Å². The van der Waals surface area contributed by atoms with Crippen LogP contribution in [-0.2, 0) is 0 Å². The lowest BCUT2D eigenvalue weighted by Crippen LogP contribution is -2.46. The molecule has 7 atom stereocenters. The highest BCUT2D eigenvalue weighted by Gasteiger charge is 2.34. The highest BCUT2D eigenvalue weighted by molar-refractivity contribution is 6.43. The molecule has 0 aromatic carbocycles. The molecule has 6 N–H and O–H groups in total. The van der Waals surface area contributed by atoms with Gasteiger partial charge >= 0.3 is 14.2 Å². The first-order valence-corrected chi connectivity index (χ1v) is 15.8. The van der Waals surface area contributed by atoms with Gasteiger partial charge < -0.3 is 30.7 Å². The Morgan fingerprint density at radius 2 is 1.54 bits per heavy atom. The van der Waals surface area contributed by atoms with Crippen molar-refractivity contribution in [2.45, 2.75) is 153 Å². The van der Waals surface area contributed by atoms with Gasteiger partial charge in [-0.05, 0) is 74.8 Å². The summed E-state index contributed by atoms with van der Waals surface area (Å²) in [6.07, 6.45) is 22.2. The van der Waals surface area contributed by atoms with Gasteiger partial charge in [0.2, 0.25) is 0 Å². The molecule has 6 nitrogen and oxygen atoms in total. The maximum atomic E-state index is 9.98. The summed E-state index contributed by atoms with van der Waals surface area (Å²) in [6.45, 7) is 4.64. The van der Waals surface area contributed by atoms with Gasteiger partial charge in [0, 0.05) is 23.8 Å². The average molecular weight is 518 g/mol. The van der Waals surface area contributed by atoms with E-state index in [9.17, 15) is 20.1 Å². The van der Waals surface area contributed by atoms with Crippen molar-refractivity contribution in [3.8, 4) is 0 Å². The van der Waals surface area contributed by atoms with Gasteiger partial charge in [-0.25, -0.2) is 0 Å². The largest absolute Gasteiger partial charge is 0.454 e. The molecule has 2 fully saturated rings. The van der Waals surface area contributed by atoms with E-state index in [1.54, 1.807) is 0 Å². The van der Waals surface area contributed by atoms with E-state index in [1.165, 1.54) is 63.5 Å². The van der Waals surface area contributed by atoms with Gasteiger partial charge in [-0.15, -0.1) is 0 Å². The van der Waals surface area contributed by atoms with Crippen molar-refractivity contribution in [2.75, 3.05) is 0 Å². The Morgan fingerprint density at radius 1 is 0.838 bits per heavy atom. The zero-order chi connectivity index (χ0) is 26.6. The van der Waals surface area contributed by atoms with Crippen LogP contribution in [0.15, 0.2) is 11.8 Å². The van der Waals surface area contributed by atoms with Crippen LogP contribution in [0.4, 0.5) is 0 Å². The third kappa shape index (κ3) is 10.5. The fraction of sp³-hybridized carbons (Fsp3) is 0.931. The van der Waals surface area contributed by atoms with E-state index >= 15 is 0 Å². The van der Waals surface area contributed by atoms with Crippen molar-refractivity contribution in [3.63, 3.8) is 0 Å². The molecule has 0 amide bonds. The lowest BCUT2D eigenvalue weighted by Gasteiger charge is -2.35. The fourth-order valence-corrected chi connectivity index (χ4v) is 7.40. The molecule has 0 aliphatic heterocycles. The molecule has 0 heterocycles. The summed E-state index contributed by atoms with van der Waals surface area (Å²) in [5, 5.41) is 47.5. The zero-order valence-electron chi connectivity index (χ0n) is 23.8. The van der Waals surface area contributed by atoms with Crippen LogP contribution in [0, 0.1) is 17.8 Å². The fourth-order valence-electron chi connectivity index (χ4n) is 7.40. The smallest absolute Gasteiger partial charge is 0.427 e. The normalized spacial score (nSPS) is 34.2. The molecule has 3 aliphatic rings. The number of nitrogens with one attached hydrogen (secondary N) is 2. The summed E-state index contributed by atoms with van der Waals surface area (Å²) in [6, 6.07) is 1.08. The molecule has 0 bridgehead atoms. The molecule has 8 heteroatoms. The van der Waals surface area contributed by atoms with Gasteiger partial charge in [0.1, 0.15) is 0 Å². The molecular formula is C29H56B2N2O4. The van der Waals surface area contributed by atoms with Crippen LogP contribution < -0.4 is 10.6 Å². The van der Waals surface area contributed by atoms with Crippen LogP contribution in [0.3, 0.4) is 0 Å². The van der Waals surface area contributed by atoms with Crippen molar-refractivity contribution in [1.29, 1.82) is 0 Å². The van der Waals surface area contributed by atoms with Crippen LogP contribution in [0.2, 0.25) is 12.1 Å². The Hall–Kier alpha value is -0.530. The summed E-state index contributed by atoms with van der Waals surface area (Å²) >= 11 is 0. The zero-order valence-corrected chi connectivity index (χ0v) is 23.8. The van der Waals surface area contributed by atoms with Gasteiger partial charge in [-0.3, -0.25) is 0 Å². The molecule has 3 aliphatic carbocycles. The second kappa shape index (κ2) is 16.5. The number of hydrogen-bond donors (Lipinski definition) is 6. The first-order chi connectivity index (χ1) is 17.9. The van der Waals surface area contributed by atoms with Crippen LogP contribution in [-0.4, -0.2) is 52.5 Å². The molecule has 0 aromatic rings. The first kappa shape index (κ1) is 31.0. The summed E-state index contributed by atoms with van der Waals surface area (Å²) in [5.74, 6) is 1.36. The van der Waals surface area contributed by atoms with E-state index < -0.39 is 14.2 Å². The Bertz CT molecular complexity index is 666. The lowest BCUT2D eigenvalue weighted by atomic mass is 9.67. The molecule has 0 saturated heterocycles. The molecule has 0 aromatic heterocycles. The Morgan fingerprint density at radius 3 is 2.27 bits per heavy atom. The van der Waals surface area contributed by atoms with E-state index in [1.807, 2.05) is 0 Å². The third-order valence-electron chi connectivity index (χ3n) is 9.63. The van der Waals surface area contributed by atoms with E-state index in [4.69, 9.17) is 0 Å². The SMILES string of the molecule is CCCC[C@@H]1CC(C)C(NC2CCCCCCC(B(O)O)C2)=CCC1NC1CCCCCC1CB(O)O. The minimum Gasteiger partial charge on any atom is -0.427 e. The Kier molecular flexibility index (Phi) is 13.9. The van der Waals surface area contributed by atoms with Crippen molar-refractivity contribution >= 4 is 14.2 Å². The van der Waals surface area contributed by atoms with E-state index in [-0.39, 0.29) is 5.82 Å². The van der Waals surface area contributed by atoms with Gasteiger partial charge in [0.05, 0.1) is 0 Å². The quantitative estimate of drug-likeness (QED) is 0.179. The molecule has 212 valence electrons. The van der Waals surface area contributed by atoms with Gasteiger partial charge in [0.15, 0.2) is 0 Å². The van der Waals surface area contributed by atoms with Crippen molar-refractivity contribution < 1.29 is 20.1 Å². The highest BCUT2D eigenvalue weighted by Crippen LogP contribution is 2.35. The monoisotopic (exact) mass is 518 g/mol. The van der Waals surface area contributed by atoms with Crippen molar-refractivity contribution in [2.24, 2.45) is 17.8 Å². The van der Waals surface area contributed by atoms with Crippen LogP contribution in [0.1, 0.15) is 123 Å². The molecule has 0 spiro atoms. The predicted molar refractivity (Wildman–Crippen MR) is 155 cm³/mol. The van der Waals surface area contributed by atoms with E-state index in [0.29, 0.717) is 42.2 Å². The minimum absolute atomic E-state index is 0.0435. The summed E-state index contributed by atoms with van der Waals surface area (Å²) < 4.78 is 0. The minimum atomic E-state index is -1.22. The topological polar surface area (TPSA) is 105 Å². The molecule has 37 heavy (non-hydrogen) atoms. The number of unbranched alkanes of at least 4 members (excludes halogenated alkanes) is 1. The summed E-state index contributed by atoms with van der Waals surface area (Å²) in [7, 11) is -2.44. The van der Waals surface area contributed by atoms with E-state index in [2.05, 4.69) is 30.6 Å². The summed E-state index contributed by atoms with van der Waals surface area (Å²) in [4.78, 5) is 0. The molecular weight excluding hydrogens is 462 g/mol. The summed E-state index contributed by atoms with van der Waals surface area (Å²) in [5.41, 5.74) is 1.35. The van der Waals surface area contributed by atoms with Crippen LogP contribution in [0.25, 0.3) is 0 Å². The molecule has 2 saturated carbocycles. The maximum absolute atomic E-state index is 9.98. The first-order valence-electron chi connectivity index (χ1n) is 15.8. The van der Waals surface area contributed by atoms with Crippen molar-refractivity contribution in [3.05, 3.63) is 11.8 Å². The Labute approximate surface area is 227 Å². The van der Waals surface area contributed by atoms with Crippen LogP contribution >= 0.6 is 0 Å². The average Bonchev–Trinajstić information content (AvgIpc) is 3.08. The predicted octanol–water partition coefficient (Wildman–Crippen LogP) is 5.03. The standard InChI is InChI=1S/C29H56B2N2O4/c1-3-4-12-23-19-22(2)27(32-26-15-10-6-5-9-14-25(20-26)31(36)37)17-18-29(23)33-28-16-11-7-8-13-24(28)21-30(34)35/h17,22-26,28-29,32-37H,3-16,18-21H2,1-2H3/t22?,23-,24?,25?,26?,28?,29?/m1/s1. The number of rotatable bonds is 10. The maximum Gasteiger partial charge on any atom is 0.454 e. The molecule has 0 radical (unpaired) electrons. The third-order valence-corrected chi connectivity index (χ3v) is 9.63. The van der Waals surface area contributed by atoms with E-state index in [0.717, 1.165) is 51.4 Å². The van der Waals surface area contributed by atoms with Crippen molar-refractivity contribution in [1.82, 2.24) is 10.6 Å². The second-order valence-electron chi connectivity index (χ2n) is 12.7. The molecule has 3 rings (SSSR count). The number of allylic oxidation sites excluding steroid dienone is 1. The van der Waals surface area contributed by atoms with Gasteiger partial charge in [-0.1, -0.05) is 84.1 Å². The van der Waals surface area contributed by atoms with Gasteiger partial charge in [0.25, 0.3) is 0 Å².